The zero-order chi connectivity index (χ0) is 19.1. The molecule has 3 aromatic heterocycles. The van der Waals surface area contributed by atoms with E-state index < -0.39 is 0 Å². The van der Waals surface area contributed by atoms with Crippen LogP contribution in [0.15, 0.2) is 79.6 Å². The Morgan fingerprint density at radius 2 is 1.96 bits per heavy atom. The van der Waals surface area contributed by atoms with Crippen molar-refractivity contribution in [3.8, 4) is 11.6 Å². The molecule has 8 heteroatoms. The number of benzene rings is 2. The summed E-state index contributed by atoms with van der Waals surface area (Å²) in [7, 11) is 0. The lowest BCUT2D eigenvalue weighted by Gasteiger charge is -2.08. The van der Waals surface area contributed by atoms with Crippen LogP contribution in [0.3, 0.4) is 0 Å². The average Bonchev–Trinajstić information content (AvgIpc) is 3.35. The molecule has 5 rings (SSSR count). The number of nitrogens with zero attached hydrogens (tertiary/aromatic N) is 3. The molecule has 2 aromatic carbocycles. The van der Waals surface area contributed by atoms with Crippen molar-refractivity contribution in [3.63, 3.8) is 0 Å². The van der Waals surface area contributed by atoms with Gasteiger partial charge in [0.25, 0.3) is 0 Å². The summed E-state index contributed by atoms with van der Waals surface area (Å²) in [6.07, 6.45) is 1.55. The minimum atomic E-state index is -0.385. The van der Waals surface area contributed by atoms with Crippen LogP contribution in [0.2, 0.25) is 0 Å². The number of hydrogen-bond donors (Lipinski definition) is 1. The van der Waals surface area contributed by atoms with Crippen molar-refractivity contribution in [2.24, 2.45) is 0 Å². The van der Waals surface area contributed by atoms with Crippen LogP contribution in [0.1, 0.15) is 5.56 Å². The molecular formula is C20H14N4O3S. The smallest absolute Gasteiger partial charge is 0.336 e. The summed E-state index contributed by atoms with van der Waals surface area (Å²) in [5.74, 6) is 7.59. The Morgan fingerprint density at radius 1 is 1.07 bits per heavy atom. The molecule has 0 amide bonds. The van der Waals surface area contributed by atoms with Gasteiger partial charge in [-0.25, -0.2) is 9.47 Å². The number of furan rings is 1. The predicted octanol–water partition coefficient (Wildman–Crippen LogP) is 3.80. The molecule has 0 spiro atoms. The Balaban J connectivity index is 1.56. The summed E-state index contributed by atoms with van der Waals surface area (Å²) >= 11 is 1.39. The van der Waals surface area contributed by atoms with Crippen molar-refractivity contribution in [3.05, 3.63) is 76.8 Å². The summed E-state index contributed by atoms with van der Waals surface area (Å²) in [6.45, 7) is 0. The molecule has 0 aliphatic carbocycles. The zero-order valence-corrected chi connectivity index (χ0v) is 15.3. The van der Waals surface area contributed by atoms with Crippen LogP contribution in [0, 0.1) is 0 Å². The lowest BCUT2D eigenvalue weighted by atomic mass is 10.0. The molecule has 28 heavy (non-hydrogen) atoms. The number of aromatic nitrogens is 3. The van der Waals surface area contributed by atoms with Crippen molar-refractivity contribution in [1.82, 2.24) is 14.9 Å². The molecule has 0 unspecified atom stereocenters. The Kier molecular flexibility index (Phi) is 3.91. The van der Waals surface area contributed by atoms with Crippen LogP contribution in [-0.2, 0) is 5.75 Å². The molecule has 0 saturated heterocycles. The first kappa shape index (κ1) is 16.6. The number of thioether (sulfide) groups is 1. The van der Waals surface area contributed by atoms with Crippen LogP contribution >= 0.6 is 11.8 Å². The van der Waals surface area contributed by atoms with E-state index in [1.807, 2.05) is 36.4 Å². The number of hydrogen-bond acceptors (Lipinski definition) is 7. The average molecular weight is 390 g/mol. The Morgan fingerprint density at radius 3 is 2.82 bits per heavy atom. The maximum atomic E-state index is 12.0. The van der Waals surface area contributed by atoms with Gasteiger partial charge < -0.3 is 14.7 Å². The Bertz CT molecular complexity index is 1360. The van der Waals surface area contributed by atoms with E-state index in [4.69, 9.17) is 14.7 Å². The molecule has 0 saturated carbocycles. The van der Waals surface area contributed by atoms with Gasteiger partial charge in [0.2, 0.25) is 11.0 Å². The van der Waals surface area contributed by atoms with Gasteiger partial charge in [-0.05, 0) is 34.5 Å². The van der Waals surface area contributed by atoms with E-state index in [1.54, 1.807) is 18.4 Å². The van der Waals surface area contributed by atoms with Crippen LogP contribution in [0.4, 0.5) is 0 Å². The highest BCUT2D eigenvalue weighted by molar-refractivity contribution is 7.98. The van der Waals surface area contributed by atoms with Crippen LogP contribution in [0.25, 0.3) is 33.3 Å². The first-order valence-corrected chi connectivity index (χ1v) is 9.51. The third kappa shape index (κ3) is 2.74. The monoisotopic (exact) mass is 390 g/mol. The van der Waals surface area contributed by atoms with Gasteiger partial charge in [0, 0.05) is 17.2 Å². The van der Waals surface area contributed by atoms with E-state index in [0.29, 0.717) is 28.1 Å². The molecule has 2 N–H and O–H groups in total. The van der Waals surface area contributed by atoms with E-state index in [0.717, 1.165) is 21.7 Å². The third-order valence-electron chi connectivity index (χ3n) is 4.48. The van der Waals surface area contributed by atoms with E-state index >= 15 is 0 Å². The fourth-order valence-electron chi connectivity index (χ4n) is 3.23. The number of nitrogen functional groups attached to an aromatic ring is 1. The second-order valence-electron chi connectivity index (χ2n) is 6.19. The van der Waals surface area contributed by atoms with Crippen LogP contribution in [0.5, 0.6) is 0 Å². The maximum absolute atomic E-state index is 12.0. The first-order chi connectivity index (χ1) is 13.7. The molecular weight excluding hydrogens is 376 g/mol. The molecule has 0 fully saturated rings. The van der Waals surface area contributed by atoms with Gasteiger partial charge in [-0.3, -0.25) is 0 Å². The van der Waals surface area contributed by atoms with Crippen molar-refractivity contribution < 1.29 is 8.83 Å². The molecule has 138 valence electrons. The van der Waals surface area contributed by atoms with Gasteiger partial charge >= 0.3 is 5.63 Å². The van der Waals surface area contributed by atoms with Crippen LogP contribution in [-0.4, -0.2) is 14.9 Å². The SMILES string of the molecule is Nn1c(SCc2cc(=O)oc3ccc4ccccc4c23)nnc1-c1ccco1. The summed E-state index contributed by atoms with van der Waals surface area (Å²) in [6, 6.07) is 16.8. The lowest BCUT2D eigenvalue weighted by Crippen LogP contribution is -2.11. The molecule has 3 heterocycles. The molecule has 5 aromatic rings. The highest BCUT2D eigenvalue weighted by Gasteiger charge is 2.16. The van der Waals surface area contributed by atoms with Crippen molar-refractivity contribution in [2.45, 2.75) is 10.9 Å². The highest BCUT2D eigenvalue weighted by atomic mass is 32.2. The molecule has 7 nitrogen and oxygen atoms in total. The lowest BCUT2D eigenvalue weighted by molar-refractivity contribution is 0.560. The maximum Gasteiger partial charge on any atom is 0.336 e. The zero-order valence-electron chi connectivity index (χ0n) is 14.5. The van der Waals surface area contributed by atoms with E-state index in [1.165, 1.54) is 22.5 Å². The minimum Gasteiger partial charge on any atom is -0.461 e. The van der Waals surface area contributed by atoms with Crippen molar-refractivity contribution >= 4 is 33.5 Å². The summed E-state index contributed by atoms with van der Waals surface area (Å²) in [4.78, 5) is 12.0. The second kappa shape index (κ2) is 6.58. The van der Waals surface area contributed by atoms with Gasteiger partial charge in [-0.1, -0.05) is 42.1 Å². The molecule has 0 radical (unpaired) electrons. The molecule has 0 bridgehead atoms. The normalized spacial score (nSPS) is 11.4. The Hall–Kier alpha value is -3.52. The summed E-state index contributed by atoms with van der Waals surface area (Å²) in [5, 5.41) is 11.8. The fraction of sp³-hybridized carbons (Fsp3) is 0.0500. The van der Waals surface area contributed by atoms with E-state index in [9.17, 15) is 4.79 Å². The van der Waals surface area contributed by atoms with Gasteiger partial charge in [-0.2, -0.15) is 0 Å². The minimum absolute atomic E-state index is 0.385. The van der Waals surface area contributed by atoms with Gasteiger partial charge in [-0.15, -0.1) is 10.2 Å². The highest BCUT2D eigenvalue weighted by Crippen LogP contribution is 2.31. The number of rotatable bonds is 4. The quantitative estimate of drug-likeness (QED) is 0.216. The molecule has 0 aliphatic rings. The Labute approximate surface area is 162 Å². The topological polar surface area (TPSA) is 100 Å². The fourth-order valence-corrected chi connectivity index (χ4v) is 4.06. The summed E-state index contributed by atoms with van der Waals surface area (Å²) < 4.78 is 12.1. The van der Waals surface area contributed by atoms with Gasteiger partial charge in [0.1, 0.15) is 5.58 Å². The van der Waals surface area contributed by atoms with E-state index in [-0.39, 0.29) is 5.63 Å². The third-order valence-corrected chi connectivity index (χ3v) is 5.47. The largest absolute Gasteiger partial charge is 0.461 e. The second-order valence-corrected chi connectivity index (χ2v) is 7.14. The first-order valence-electron chi connectivity index (χ1n) is 8.52. The molecule has 0 aliphatic heterocycles. The van der Waals surface area contributed by atoms with E-state index in [2.05, 4.69) is 10.2 Å². The van der Waals surface area contributed by atoms with Gasteiger partial charge in [0.05, 0.1) is 6.26 Å². The van der Waals surface area contributed by atoms with Gasteiger partial charge in [0.15, 0.2) is 5.76 Å². The summed E-state index contributed by atoms with van der Waals surface area (Å²) in [5.41, 5.74) is 1.03. The van der Waals surface area contributed by atoms with Crippen molar-refractivity contribution in [1.29, 1.82) is 0 Å². The number of nitrogens with two attached hydrogens (primary N) is 1. The predicted molar refractivity (Wildman–Crippen MR) is 107 cm³/mol. The van der Waals surface area contributed by atoms with Crippen molar-refractivity contribution in [2.75, 3.05) is 5.84 Å². The standard InChI is InChI=1S/C20H14N4O3S/c21-24-19(16-6-3-9-26-16)22-23-20(24)28-11-13-10-17(25)27-15-8-7-12-4-1-2-5-14(12)18(13)15/h1-10H,11,21H2. The van der Waals surface area contributed by atoms with Crippen LogP contribution < -0.4 is 11.5 Å². The number of fused-ring (bicyclic) bond motifs is 3. The molecule has 0 atom stereocenters.